The molecule has 11 heteroatoms. The molecule has 0 atom stereocenters. The molecule has 0 unspecified atom stereocenters. The largest absolute Gasteiger partial charge is 0.481 e. The fourth-order valence-corrected chi connectivity index (χ4v) is 3.58. The monoisotopic (exact) mass is 437 g/mol. The molecule has 162 valence electrons. The molecule has 0 saturated heterocycles. The Morgan fingerprint density at radius 2 is 1.93 bits per heavy atom. The van der Waals surface area contributed by atoms with E-state index in [1.165, 1.54) is 17.1 Å². The number of amides is 1. The van der Waals surface area contributed by atoms with Gasteiger partial charge in [0.15, 0.2) is 0 Å². The zero-order valence-corrected chi connectivity index (χ0v) is 17.7. The van der Waals surface area contributed by atoms with Gasteiger partial charge < -0.3 is 19.9 Å². The van der Waals surface area contributed by atoms with Gasteiger partial charge in [-0.1, -0.05) is 6.92 Å². The second-order valence-corrected chi connectivity index (χ2v) is 7.23. The molecule has 2 aromatic rings. The lowest BCUT2D eigenvalue weighted by atomic mass is 10.1. The van der Waals surface area contributed by atoms with Gasteiger partial charge in [-0.25, -0.2) is 9.59 Å². The first-order valence-corrected chi connectivity index (χ1v) is 10.1. The van der Waals surface area contributed by atoms with Crippen LogP contribution in [0.4, 0.5) is 5.00 Å². The summed E-state index contributed by atoms with van der Waals surface area (Å²) in [6, 6.07) is 0. The molecule has 0 radical (unpaired) electrons. The van der Waals surface area contributed by atoms with Gasteiger partial charge in [0.1, 0.15) is 9.88 Å². The summed E-state index contributed by atoms with van der Waals surface area (Å²) in [5, 5.41) is 15.5. The Hall–Kier alpha value is -3.21. The number of nitrogens with zero attached hydrogens (tertiary/aromatic N) is 2. The Morgan fingerprint density at radius 1 is 1.20 bits per heavy atom. The predicted octanol–water partition coefficient (Wildman–Crippen LogP) is 2.72. The number of esters is 2. The van der Waals surface area contributed by atoms with Gasteiger partial charge in [0, 0.05) is 6.20 Å². The summed E-state index contributed by atoms with van der Waals surface area (Å²) in [5.41, 5.74) is 0.645. The number of aryl methyl sites for hydroxylation is 1. The number of carbonyl (C=O) groups is 4. The van der Waals surface area contributed by atoms with Crippen LogP contribution in [0.3, 0.4) is 0 Å². The van der Waals surface area contributed by atoms with Crippen LogP contribution in [0, 0.1) is 6.92 Å². The topological polar surface area (TPSA) is 137 Å². The summed E-state index contributed by atoms with van der Waals surface area (Å²) in [4.78, 5) is 48.2. The second-order valence-electron chi connectivity index (χ2n) is 6.21. The smallest absolute Gasteiger partial charge is 0.348 e. The van der Waals surface area contributed by atoms with Gasteiger partial charge in [0.2, 0.25) is 0 Å². The molecule has 0 aliphatic carbocycles. The van der Waals surface area contributed by atoms with E-state index in [9.17, 15) is 19.2 Å². The fraction of sp³-hybridized carbons (Fsp3) is 0.421. The van der Waals surface area contributed by atoms with Gasteiger partial charge in [0.05, 0.1) is 43.5 Å². The molecule has 0 aromatic carbocycles. The number of aliphatic carboxylic acids is 1. The normalized spacial score (nSPS) is 10.5. The second kappa shape index (κ2) is 10.5. The van der Waals surface area contributed by atoms with Crippen LogP contribution >= 0.6 is 11.3 Å². The molecule has 10 nitrogen and oxygen atoms in total. The van der Waals surface area contributed by atoms with Crippen molar-refractivity contribution in [3.05, 3.63) is 34.0 Å². The minimum Gasteiger partial charge on any atom is -0.481 e. The van der Waals surface area contributed by atoms with Crippen molar-refractivity contribution in [2.24, 2.45) is 0 Å². The molecular formula is C19H23N3O7S. The molecule has 0 aliphatic heterocycles. The average Bonchev–Trinajstić information content (AvgIpc) is 3.29. The van der Waals surface area contributed by atoms with E-state index < -0.39 is 23.8 Å². The van der Waals surface area contributed by atoms with Crippen molar-refractivity contribution in [3.8, 4) is 0 Å². The molecule has 2 aromatic heterocycles. The lowest BCUT2D eigenvalue weighted by Gasteiger charge is -2.07. The number of rotatable bonds is 10. The summed E-state index contributed by atoms with van der Waals surface area (Å²) in [6.07, 6.45) is 3.18. The molecule has 1 amide bonds. The van der Waals surface area contributed by atoms with Gasteiger partial charge in [0.25, 0.3) is 5.91 Å². The third-order valence-corrected chi connectivity index (χ3v) is 5.11. The Kier molecular flexibility index (Phi) is 8.10. The molecule has 2 N–H and O–H groups in total. The summed E-state index contributed by atoms with van der Waals surface area (Å²) < 4.78 is 11.5. The average molecular weight is 437 g/mol. The highest BCUT2D eigenvalue weighted by Gasteiger charge is 2.27. The number of hydrogen-bond donors (Lipinski definition) is 2. The number of nitrogens with one attached hydrogen (secondary N) is 1. The van der Waals surface area contributed by atoms with Crippen LogP contribution in [0.5, 0.6) is 0 Å². The standard InChI is InChI=1S/C19H23N3O7S/c1-4-8-29-18(26)14-11(3)15(19(27)28-5-2)30-17(14)21-16(25)12-9-20-22(10-12)7-6-13(23)24/h9-10H,4-8H2,1-3H3,(H,21,25)(H,23,24). The van der Waals surface area contributed by atoms with E-state index in [4.69, 9.17) is 14.6 Å². The van der Waals surface area contributed by atoms with E-state index in [0.29, 0.717) is 12.0 Å². The van der Waals surface area contributed by atoms with Crippen molar-refractivity contribution in [1.29, 1.82) is 0 Å². The number of aromatic nitrogens is 2. The summed E-state index contributed by atoms with van der Waals surface area (Å²) in [7, 11) is 0. The minimum absolute atomic E-state index is 0.100. The van der Waals surface area contributed by atoms with E-state index in [-0.39, 0.29) is 47.2 Å². The molecule has 2 rings (SSSR count). The van der Waals surface area contributed by atoms with Crippen LogP contribution in [0.15, 0.2) is 12.4 Å². The first kappa shape index (κ1) is 23.1. The van der Waals surface area contributed by atoms with E-state index in [0.717, 1.165) is 11.3 Å². The van der Waals surface area contributed by atoms with Gasteiger partial charge >= 0.3 is 17.9 Å². The van der Waals surface area contributed by atoms with Crippen LogP contribution in [0.1, 0.15) is 62.6 Å². The number of thiophene rings is 1. The SMILES string of the molecule is CCCOC(=O)c1c(NC(=O)c2cnn(CCC(=O)O)c2)sc(C(=O)OCC)c1C. The van der Waals surface area contributed by atoms with E-state index in [1.54, 1.807) is 13.8 Å². The number of ether oxygens (including phenoxy) is 2. The highest BCUT2D eigenvalue weighted by atomic mass is 32.1. The molecule has 0 aliphatic rings. The molecular weight excluding hydrogens is 414 g/mol. The zero-order chi connectivity index (χ0) is 22.3. The summed E-state index contributed by atoms with van der Waals surface area (Å²) in [6.45, 7) is 5.59. The van der Waals surface area contributed by atoms with Gasteiger partial charge in [-0.15, -0.1) is 11.3 Å². The van der Waals surface area contributed by atoms with Crippen molar-refractivity contribution in [3.63, 3.8) is 0 Å². The number of anilines is 1. The third kappa shape index (κ3) is 5.66. The van der Waals surface area contributed by atoms with E-state index >= 15 is 0 Å². The van der Waals surface area contributed by atoms with Gasteiger partial charge in [-0.2, -0.15) is 5.10 Å². The maximum absolute atomic E-state index is 12.6. The fourth-order valence-electron chi connectivity index (χ4n) is 2.49. The number of carboxylic acid groups (broad SMARTS) is 1. The Labute approximate surface area is 176 Å². The minimum atomic E-state index is -0.979. The number of carboxylic acids is 1. The van der Waals surface area contributed by atoms with Crippen LogP contribution in [-0.4, -0.2) is 51.9 Å². The number of carbonyl (C=O) groups excluding carboxylic acids is 3. The first-order valence-electron chi connectivity index (χ1n) is 9.31. The third-order valence-electron chi connectivity index (χ3n) is 3.93. The maximum Gasteiger partial charge on any atom is 0.348 e. The highest BCUT2D eigenvalue weighted by Crippen LogP contribution is 2.34. The van der Waals surface area contributed by atoms with E-state index in [1.807, 2.05) is 6.92 Å². The Balaban J connectivity index is 2.29. The lowest BCUT2D eigenvalue weighted by molar-refractivity contribution is -0.137. The van der Waals surface area contributed by atoms with Crippen molar-refractivity contribution in [1.82, 2.24) is 9.78 Å². The van der Waals surface area contributed by atoms with Gasteiger partial charge in [-0.05, 0) is 25.8 Å². The molecule has 0 saturated carbocycles. The van der Waals surface area contributed by atoms with Gasteiger partial charge in [-0.3, -0.25) is 14.3 Å². The first-order chi connectivity index (χ1) is 14.3. The summed E-state index contributed by atoms with van der Waals surface area (Å²) in [5.74, 6) is -2.77. The molecule has 0 bridgehead atoms. The van der Waals surface area contributed by atoms with Crippen LogP contribution in [0.2, 0.25) is 0 Å². The van der Waals surface area contributed by atoms with Crippen LogP contribution in [0.25, 0.3) is 0 Å². The Morgan fingerprint density at radius 3 is 2.57 bits per heavy atom. The molecule has 0 fully saturated rings. The molecule has 30 heavy (non-hydrogen) atoms. The van der Waals surface area contributed by atoms with Crippen molar-refractivity contribution in [2.45, 2.75) is 40.2 Å². The van der Waals surface area contributed by atoms with Crippen molar-refractivity contribution >= 4 is 40.2 Å². The lowest BCUT2D eigenvalue weighted by Crippen LogP contribution is -2.15. The molecule has 2 heterocycles. The van der Waals surface area contributed by atoms with Crippen LogP contribution in [-0.2, 0) is 20.8 Å². The Bertz CT molecular complexity index is 948. The van der Waals surface area contributed by atoms with Crippen molar-refractivity contribution in [2.75, 3.05) is 18.5 Å². The van der Waals surface area contributed by atoms with E-state index in [2.05, 4.69) is 10.4 Å². The van der Waals surface area contributed by atoms with Crippen LogP contribution < -0.4 is 5.32 Å². The quantitative estimate of drug-likeness (QED) is 0.541. The maximum atomic E-state index is 12.6. The highest BCUT2D eigenvalue weighted by molar-refractivity contribution is 7.18. The molecule has 0 spiro atoms. The zero-order valence-electron chi connectivity index (χ0n) is 16.9. The predicted molar refractivity (Wildman–Crippen MR) is 108 cm³/mol. The number of hydrogen-bond acceptors (Lipinski definition) is 8. The summed E-state index contributed by atoms with van der Waals surface area (Å²) >= 11 is 0.928. The van der Waals surface area contributed by atoms with Crippen molar-refractivity contribution < 1.29 is 33.8 Å².